The van der Waals surface area contributed by atoms with Gasteiger partial charge in [0.1, 0.15) is 6.04 Å². The molecule has 5 nitrogen and oxygen atoms in total. The monoisotopic (exact) mass is 282 g/mol. The normalized spacial score (nSPS) is 20.6. The van der Waals surface area contributed by atoms with Gasteiger partial charge in [-0.1, -0.05) is 24.3 Å². The molecule has 1 fully saturated rings. The van der Waals surface area contributed by atoms with Gasteiger partial charge in [-0.2, -0.15) is 4.31 Å². The molecule has 1 atom stereocenters. The minimum absolute atomic E-state index is 0.0799. The average Bonchev–Trinajstić information content (AvgIpc) is 2.82. The van der Waals surface area contributed by atoms with Gasteiger partial charge in [-0.15, -0.1) is 0 Å². The van der Waals surface area contributed by atoms with Crippen molar-refractivity contribution in [3.63, 3.8) is 0 Å². The molecular formula is C13H18N2O3S. The van der Waals surface area contributed by atoms with Gasteiger partial charge >= 0.3 is 0 Å². The van der Waals surface area contributed by atoms with E-state index in [1.807, 2.05) is 25.1 Å². The Morgan fingerprint density at radius 3 is 2.74 bits per heavy atom. The van der Waals surface area contributed by atoms with E-state index in [0.717, 1.165) is 11.1 Å². The van der Waals surface area contributed by atoms with Gasteiger partial charge in [-0.25, -0.2) is 8.42 Å². The van der Waals surface area contributed by atoms with Gasteiger partial charge in [0.05, 0.1) is 5.75 Å². The number of carbonyl (C=O) groups excluding carboxylic acids is 1. The van der Waals surface area contributed by atoms with Crippen molar-refractivity contribution in [2.24, 2.45) is 5.73 Å². The van der Waals surface area contributed by atoms with Crippen LogP contribution in [0.3, 0.4) is 0 Å². The molecule has 2 N–H and O–H groups in total. The lowest BCUT2D eigenvalue weighted by atomic mass is 10.1. The summed E-state index contributed by atoms with van der Waals surface area (Å²) in [5.74, 6) is -0.644. The second-order valence-corrected chi connectivity index (χ2v) is 6.78. The highest BCUT2D eigenvalue weighted by molar-refractivity contribution is 7.88. The maximum atomic E-state index is 12.4. The zero-order valence-corrected chi connectivity index (χ0v) is 11.7. The molecule has 1 saturated heterocycles. The molecule has 0 aromatic heterocycles. The summed E-state index contributed by atoms with van der Waals surface area (Å²) in [5, 5.41) is 0. The van der Waals surface area contributed by atoms with Gasteiger partial charge < -0.3 is 5.73 Å². The maximum Gasteiger partial charge on any atom is 0.235 e. The summed E-state index contributed by atoms with van der Waals surface area (Å²) in [7, 11) is -3.50. The fraction of sp³-hybridized carbons (Fsp3) is 0.462. The Balaban J connectivity index is 2.24. The molecule has 6 heteroatoms. The first-order valence-electron chi connectivity index (χ1n) is 6.25. The number of aryl methyl sites for hydroxylation is 1. The number of rotatable bonds is 4. The van der Waals surface area contributed by atoms with Gasteiger partial charge in [0.2, 0.25) is 15.9 Å². The molecule has 1 heterocycles. The van der Waals surface area contributed by atoms with Crippen molar-refractivity contribution in [3.8, 4) is 0 Å². The predicted octanol–water partition coefficient (Wildman–Crippen LogP) is 0.775. The smallest absolute Gasteiger partial charge is 0.235 e. The molecule has 2 rings (SSSR count). The van der Waals surface area contributed by atoms with E-state index >= 15 is 0 Å². The van der Waals surface area contributed by atoms with E-state index < -0.39 is 22.0 Å². The first-order chi connectivity index (χ1) is 8.92. The minimum atomic E-state index is -3.50. The molecule has 0 unspecified atom stereocenters. The van der Waals surface area contributed by atoms with E-state index in [4.69, 9.17) is 5.73 Å². The van der Waals surface area contributed by atoms with Crippen molar-refractivity contribution in [1.82, 2.24) is 4.31 Å². The van der Waals surface area contributed by atoms with Crippen LogP contribution in [-0.2, 0) is 20.6 Å². The predicted molar refractivity (Wildman–Crippen MR) is 72.7 cm³/mol. The van der Waals surface area contributed by atoms with Crippen LogP contribution >= 0.6 is 0 Å². The van der Waals surface area contributed by atoms with Crippen molar-refractivity contribution in [1.29, 1.82) is 0 Å². The third kappa shape index (κ3) is 2.96. The topological polar surface area (TPSA) is 80.5 Å². The van der Waals surface area contributed by atoms with Crippen molar-refractivity contribution in [3.05, 3.63) is 35.4 Å². The molecule has 0 bridgehead atoms. The van der Waals surface area contributed by atoms with E-state index in [-0.39, 0.29) is 5.75 Å². The van der Waals surface area contributed by atoms with Gasteiger partial charge in [0.15, 0.2) is 0 Å². The van der Waals surface area contributed by atoms with Crippen molar-refractivity contribution in [2.75, 3.05) is 6.54 Å². The van der Waals surface area contributed by atoms with Crippen LogP contribution in [-0.4, -0.2) is 31.2 Å². The Labute approximate surface area is 113 Å². The molecule has 0 radical (unpaired) electrons. The number of hydrogen-bond donors (Lipinski definition) is 1. The number of benzene rings is 1. The average molecular weight is 282 g/mol. The van der Waals surface area contributed by atoms with Gasteiger partial charge in [-0.3, -0.25) is 4.79 Å². The molecule has 1 aliphatic heterocycles. The van der Waals surface area contributed by atoms with E-state index in [1.54, 1.807) is 6.07 Å². The van der Waals surface area contributed by atoms with Crippen LogP contribution in [0.25, 0.3) is 0 Å². The molecular weight excluding hydrogens is 264 g/mol. The Hall–Kier alpha value is -1.40. The van der Waals surface area contributed by atoms with E-state index in [0.29, 0.717) is 19.4 Å². The molecule has 1 aliphatic rings. The van der Waals surface area contributed by atoms with Crippen LogP contribution in [0, 0.1) is 6.92 Å². The molecule has 0 aliphatic carbocycles. The quantitative estimate of drug-likeness (QED) is 0.886. The number of primary amides is 1. The molecule has 0 saturated carbocycles. The molecule has 0 spiro atoms. The summed E-state index contributed by atoms with van der Waals surface area (Å²) >= 11 is 0. The number of nitrogens with zero attached hydrogens (tertiary/aromatic N) is 1. The number of carbonyl (C=O) groups is 1. The SMILES string of the molecule is Cc1ccccc1CS(=O)(=O)N1CCC[C@H]1C(N)=O. The Morgan fingerprint density at radius 2 is 2.11 bits per heavy atom. The molecule has 19 heavy (non-hydrogen) atoms. The molecule has 1 amide bonds. The van der Waals surface area contributed by atoms with Crippen molar-refractivity contribution >= 4 is 15.9 Å². The highest BCUT2D eigenvalue weighted by atomic mass is 32.2. The Bertz CT molecular complexity index is 583. The summed E-state index contributed by atoms with van der Waals surface area (Å²) in [6, 6.07) is 6.66. The van der Waals surface area contributed by atoms with Gasteiger partial charge in [0.25, 0.3) is 0 Å². The fourth-order valence-electron chi connectivity index (χ4n) is 2.41. The molecule has 1 aromatic carbocycles. The Kier molecular flexibility index (Phi) is 3.91. The van der Waals surface area contributed by atoms with Crippen LogP contribution in [0.4, 0.5) is 0 Å². The number of sulfonamides is 1. The number of nitrogens with two attached hydrogens (primary N) is 1. The Morgan fingerprint density at radius 1 is 1.42 bits per heavy atom. The minimum Gasteiger partial charge on any atom is -0.368 e. The highest BCUT2D eigenvalue weighted by Crippen LogP contribution is 2.24. The summed E-state index contributed by atoms with van der Waals surface area (Å²) in [6.07, 6.45) is 1.20. The maximum absolute atomic E-state index is 12.4. The number of hydrogen-bond acceptors (Lipinski definition) is 3. The largest absolute Gasteiger partial charge is 0.368 e. The lowest BCUT2D eigenvalue weighted by Gasteiger charge is -2.22. The van der Waals surface area contributed by atoms with Crippen LogP contribution in [0.1, 0.15) is 24.0 Å². The second-order valence-electron chi connectivity index (χ2n) is 4.85. The molecule has 104 valence electrons. The summed E-state index contributed by atoms with van der Waals surface area (Å²) in [5.41, 5.74) is 6.96. The lowest BCUT2D eigenvalue weighted by Crippen LogP contribution is -2.44. The fourth-order valence-corrected chi connectivity index (χ4v) is 4.30. The molecule has 1 aromatic rings. The van der Waals surface area contributed by atoms with Gasteiger partial charge in [-0.05, 0) is 30.9 Å². The lowest BCUT2D eigenvalue weighted by molar-refractivity contribution is -0.121. The van der Waals surface area contributed by atoms with Crippen LogP contribution in [0.2, 0.25) is 0 Å². The third-order valence-corrected chi connectivity index (χ3v) is 5.32. The first kappa shape index (κ1) is 14.0. The zero-order valence-electron chi connectivity index (χ0n) is 10.9. The highest BCUT2D eigenvalue weighted by Gasteiger charge is 2.37. The first-order valence-corrected chi connectivity index (χ1v) is 7.86. The van der Waals surface area contributed by atoms with E-state index in [2.05, 4.69) is 0 Å². The van der Waals surface area contributed by atoms with E-state index in [1.165, 1.54) is 4.31 Å². The van der Waals surface area contributed by atoms with Crippen LogP contribution < -0.4 is 5.73 Å². The summed E-state index contributed by atoms with van der Waals surface area (Å²) < 4.78 is 26.0. The van der Waals surface area contributed by atoms with E-state index in [9.17, 15) is 13.2 Å². The zero-order chi connectivity index (χ0) is 14.0. The van der Waals surface area contributed by atoms with Crippen molar-refractivity contribution in [2.45, 2.75) is 31.6 Å². The van der Waals surface area contributed by atoms with Crippen LogP contribution in [0.5, 0.6) is 0 Å². The van der Waals surface area contributed by atoms with Crippen molar-refractivity contribution < 1.29 is 13.2 Å². The summed E-state index contributed by atoms with van der Waals surface area (Å²) in [4.78, 5) is 11.3. The van der Waals surface area contributed by atoms with Crippen LogP contribution in [0.15, 0.2) is 24.3 Å². The third-order valence-electron chi connectivity index (χ3n) is 3.49. The number of amides is 1. The summed E-state index contributed by atoms with van der Waals surface area (Å²) in [6.45, 7) is 2.25. The standard InChI is InChI=1S/C13H18N2O3S/c1-10-5-2-3-6-11(10)9-19(17,18)15-8-4-7-12(15)13(14)16/h2-3,5-6,12H,4,7-9H2,1H3,(H2,14,16)/t12-/m0/s1. The second kappa shape index (κ2) is 5.30. The van der Waals surface area contributed by atoms with Gasteiger partial charge in [0, 0.05) is 6.54 Å².